The highest BCUT2D eigenvalue weighted by atomic mass is 16.6. The first-order valence-electron chi connectivity index (χ1n) is 7.60. The summed E-state index contributed by atoms with van der Waals surface area (Å²) in [7, 11) is 0. The molecule has 0 aliphatic heterocycles. The van der Waals surface area contributed by atoms with E-state index in [-0.39, 0.29) is 16.8 Å². The number of nitrogens with zero attached hydrogens (tertiary/aromatic N) is 1. The maximum absolute atomic E-state index is 12.3. The Morgan fingerprint density at radius 1 is 1.16 bits per heavy atom. The number of nitro groups is 1. The molecular weight excluding hydrogens is 324 g/mol. The second-order valence-corrected chi connectivity index (χ2v) is 5.43. The molecular formula is C18H14N2O5. The summed E-state index contributed by atoms with van der Waals surface area (Å²) in [6.07, 6.45) is 0.876. The first-order valence-corrected chi connectivity index (χ1v) is 7.60. The van der Waals surface area contributed by atoms with Crippen LogP contribution in [-0.2, 0) is 6.42 Å². The van der Waals surface area contributed by atoms with Gasteiger partial charge in [0.15, 0.2) is 0 Å². The van der Waals surface area contributed by atoms with E-state index in [4.69, 9.17) is 4.42 Å². The fraction of sp³-hybridized carbons (Fsp3) is 0.111. The van der Waals surface area contributed by atoms with Crippen LogP contribution in [-0.4, -0.2) is 10.8 Å². The highest BCUT2D eigenvalue weighted by molar-refractivity contribution is 6.05. The van der Waals surface area contributed by atoms with Crippen molar-refractivity contribution in [3.05, 3.63) is 80.2 Å². The van der Waals surface area contributed by atoms with E-state index in [1.165, 1.54) is 24.3 Å². The van der Waals surface area contributed by atoms with Gasteiger partial charge in [0.1, 0.15) is 11.1 Å². The number of carbonyl (C=O) groups excluding carboxylic acids is 1. The lowest BCUT2D eigenvalue weighted by Crippen LogP contribution is -2.20. The average molecular weight is 338 g/mol. The number of hydrogen-bond donors (Lipinski definition) is 1. The second kappa shape index (κ2) is 6.56. The smallest absolute Gasteiger partial charge is 0.349 e. The van der Waals surface area contributed by atoms with Crippen LogP contribution < -0.4 is 10.9 Å². The molecule has 3 rings (SSSR count). The Hall–Kier alpha value is -3.48. The molecule has 7 nitrogen and oxygen atoms in total. The first kappa shape index (κ1) is 16.4. The number of anilines is 1. The van der Waals surface area contributed by atoms with Crippen LogP contribution in [0.3, 0.4) is 0 Å². The number of nitrogens with one attached hydrogen (secondary N) is 1. The molecule has 126 valence electrons. The molecule has 1 amide bonds. The zero-order valence-corrected chi connectivity index (χ0v) is 13.3. The fourth-order valence-corrected chi connectivity index (χ4v) is 2.40. The molecule has 7 heteroatoms. The number of hydrogen-bond acceptors (Lipinski definition) is 5. The normalized spacial score (nSPS) is 10.6. The van der Waals surface area contributed by atoms with Crippen molar-refractivity contribution < 1.29 is 14.1 Å². The van der Waals surface area contributed by atoms with E-state index >= 15 is 0 Å². The van der Waals surface area contributed by atoms with Gasteiger partial charge in [-0.25, -0.2) is 4.79 Å². The van der Waals surface area contributed by atoms with E-state index in [0.717, 1.165) is 12.0 Å². The van der Waals surface area contributed by atoms with Gasteiger partial charge in [-0.1, -0.05) is 19.1 Å². The van der Waals surface area contributed by atoms with Crippen molar-refractivity contribution in [2.24, 2.45) is 0 Å². The van der Waals surface area contributed by atoms with E-state index < -0.39 is 16.5 Å². The number of carbonyl (C=O) groups is 1. The number of aryl methyl sites for hydroxylation is 1. The van der Waals surface area contributed by atoms with Gasteiger partial charge in [0.2, 0.25) is 0 Å². The minimum atomic E-state index is -0.802. The van der Waals surface area contributed by atoms with Gasteiger partial charge in [-0.05, 0) is 36.2 Å². The second-order valence-electron chi connectivity index (χ2n) is 5.43. The Morgan fingerprint density at radius 2 is 1.88 bits per heavy atom. The maximum atomic E-state index is 12.3. The Kier molecular flexibility index (Phi) is 4.30. The third kappa shape index (κ3) is 3.40. The van der Waals surface area contributed by atoms with Crippen molar-refractivity contribution in [3.63, 3.8) is 0 Å². The van der Waals surface area contributed by atoms with E-state index in [1.807, 2.05) is 19.1 Å². The highest BCUT2D eigenvalue weighted by Crippen LogP contribution is 2.21. The fourth-order valence-electron chi connectivity index (χ4n) is 2.40. The van der Waals surface area contributed by atoms with Crippen LogP contribution in [0, 0.1) is 10.1 Å². The molecule has 0 spiro atoms. The predicted octanol–water partition coefficient (Wildman–Crippen LogP) is 3.52. The molecule has 25 heavy (non-hydrogen) atoms. The van der Waals surface area contributed by atoms with E-state index in [1.54, 1.807) is 12.1 Å². The van der Waals surface area contributed by atoms with Gasteiger partial charge in [0.05, 0.1) is 4.92 Å². The van der Waals surface area contributed by atoms with Crippen LogP contribution in [0.1, 0.15) is 22.8 Å². The van der Waals surface area contributed by atoms with E-state index in [0.29, 0.717) is 11.1 Å². The summed E-state index contributed by atoms with van der Waals surface area (Å²) < 4.78 is 5.08. The molecule has 0 radical (unpaired) electrons. The van der Waals surface area contributed by atoms with Gasteiger partial charge >= 0.3 is 5.63 Å². The number of benzene rings is 2. The monoisotopic (exact) mass is 338 g/mol. The summed E-state index contributed by atoms with van der Waals surface area (Å²) in [6.45, 7) is 2.02. The minimum Gasteiger partial charge on any atom is -0.422 e. The molecule has 0 saturated heterocycles. The third-order valence-corrected chi connectivity index (χ3v) is 3.79. The quantitative estimate of drug-likeness (QED) is 0.445. The van der Waals surface area contributed by atoms with E-state index in [2.05, 4.69) is 5.32 Å². The maximum Gasteiger partial charge on any atom is 0.349 e. The summed E-state index contributed by atoms with van der Waals surface area (Å²) in [5, 5.41) is 13.8. The summed E-state index contributed by atoms with van der Waals surface area (Å²) in [6, 6.07) is 12.4. The summed E-state index contributed by atoms with van der Waals surface area (Å²) in [5.74, 6) is -0.633. The van der Waals surface area contributed by atoms with Gasteiger partial charge < -0.3 is 9.73 Å². The summed E-state index contributed by atoms with van der Waals surface area (Å²) in [5.41, 5.74) is 0.676. The lowest BCUT2D eigenvalue weighted by molar-refractivity contribution is -0.384. The van der Waals surface area contributed by atoms with Crippen LogP contribution in [0.25, 0.3) is 11.0 Å². The van der Waals surface area contributed by atoms with Crippen LogP contribution in [0.2, 0.25) is 0 Å². The Labute approximate surface area is 142 Å². The molecule has 0 saturated carbocycles. The molecule has 0 unspecified atom stereocenters. The summed E-state index contributed by atoms with van der Waals surface area (Å²) >= 11 is 0. The van der Waals surface area contributed by atoms with Crippen molar-refractivity contribution in [1.29, 1.82) is 0 Å². The van der Waals surface area contributed by atoms with Crippen molar-refractivity contribution in [3.8, 4) is 0 Å². The molecule has 0 aliphatic rings. The SMILES string of the molecule is CCc1ccc(NC(=O)c2cc3cc([N+](=O)[O-])ccc3oc2=O)cc1. The standard InChI is InChI=1S/C18H14N2O5/c1-2-11-3-5-13(6-4-11)19-17(21)15-10-12-9-14(20(23)24)7-8-16(12)25-18(15)22/h3-10H,2H2,1H3,(H,19,21). The van der Waals surface area contributed by atoms with Crippen LogP contribution in [0.15, 0.2) is 57.7 Å². The van der Waals surface area contributed by atoms with Crippen molar-refractivity contribution in [1.82, 2.24) is 0 Å². The van der Waals surface area contributed by atoms with Gasteiger partial charge in [-0.2, -0.15) is 0 Å². The summed E-state index contributed by atoms with van der Waals surface area (Å²) in [4.78, 5) is 34.7. The van der Waals surface area contributed by atoms with Gasteiger partial charge in [-0.3, -0.25) is 14.9 Å². The Balaban J connectivity index is 1.95. The molecule has 0 aliphatic carbocycles. The predicted molar refractivity (Wildman–Crippen MR) is 92.9 cm³/mol. The Bertz CT molecular complexity index is 1020. The molecule has 1 aromatic heterocycles. The largest absolute Gasteiger partial charge is 0.422 e. The molecule has 0 fully saturated rings. The molecule has 2 aromatic carbocycles. The van der Waals surface area contributed by atoms with Crippen molar-refractivity contribution in [2.75, 3.05) is 5.32 Å². The lowest BCUT2D eigenvalue weighted by atomic mass is 10.1. The van der Waals surface area contributed by atoms with Gasteiger partial charge in [0, 0.05) is 23.2 Å². The Morgan fingerprint density at radius 3 is 2.52 bits per heavy atom. The average Bonchev–Trinajstić information content (AvgIpc) is 2.61. The van der Waals surface area contributed by atoms with Gasteiger partial charge in [0.25, 0.3) is 11.6 Å². The van der Waals surface area contributed by atoms with Crippen LogP contribution >= 0.6 is 0 Å². The van der Waals surface area contributed by atoms with Crippen molar-refractivity contribution in [2.45, 2.75) is 13.3 Å². The van der Waals surface area contributed by atoms with E-state index in [9.17, 15) is 19.7 Å². The zero-order chi connectivity index (χ0) is 18.0. The lowest BCUT2D eigenvalue weighted by Gasteiger charge is -2.06. The first-order chi connectivity index (χ1) is 12.0. The topological polar surface area (TPSA) is 102 Å². The molecule has 1 N–H and O–H groups in total. The minimum absolute atomic E-state index is 0.150. The number of rotatable bonds is 4. The highest BCUT2D eigenvalue weighted by Gasteiger charge is 2.16. The number of non-ortho nitro benzene ring substituents is 1. The van der Waals surface area contributed by atoms with Crippen LogP contribution in [0.4, 0.5) is 11.4 Å². The third-order valence-electron chi connectivity index (χ3n) is 3.79. The molecule has 1 heterocycles. The van der Waals surface area contributed by atoms with Gasteiger partial charge in [-0.15, -0.1) is 0 Å². The molecule has 0 bridgehead atoms. The molecule has 0 atom stereocenters. The molecule has 3 aromatic rings. The van der Waals surface area contributed by atoms with Crippen molar-refractivity contribution >= 4 is 28.3 Å². The number of amides is 1. The zero-order valence-electron chi connectivity index (χ0n) is 13.3. The number of nitro benzene ring substituents is 1. The van der Waals surface area contributed by atoms with Crippen LogP contribution in [0.5, 0.6) is 0 Å². The number of fused-ring (bicyclic) bond motifs is 1.